The molecule has 0 aliphatic heterocycles. The topological polar surface area (TPSA) is 59.3 Å². The Bertz CT molecular complexity index is 681. The molecule has 0 saturated heterocycles. The molecule has 0 saturated carbocycles. The van der Waals surface area contributed by atoms with Crippen LogP contribution in [0.4, 0.5) is 0 Å². The third-order valence-electron chi connectivity index (χ3n) is 3.58. The van der Waals surface area contributed by atoms with E-state index < -0.39 is 5.97 Å². The van der Waals surface area contributed by atoms with E-state index in [2.05, 4.69) is 0 Å². The van der Waals surface area contributed by atoms with Crippen molar-refractivity contribution in [3.8, 4) is 0 Å². The van der Waals surface area contributed by atoms with E-state index in [-0.39, 0.29) is 12.2 Å². The number of hydrogen-bond acceptors (Lipinski definition) is 3. The first kappa shape index (κ1) is 12.2. The molecule has 3 rings (SSSR count). The second-order valence-corrected chi connectivity index (χ2v) is 5.66. The fourth-order valence-corrected chi connectivity index (χ4v) is 3.54. The molecular formula is C14H13NO3S. The molecular weight excluding hydrogens is 262 g/mol. The minimum Gasteiger partial charge on any atom is -0.481 e. The Morgan fingerprint density at radius 1 is 1.42 bits per heavy atom. The normalized spacial score (nSPS) is 13.8. The summed E-state index contributed by atoms with van der Waals surface area (Å²) >= 11 is 1.46. The number of carboxylic acid groups (broad SMARTS) is 1. The Balaban J connectivity index is 2.12. The van der Waals surface area contributed by atoms with E-state index >= 15 is 0 Å². The van der Waals surface area contributed by atoms with Crippen molar-refractivity contribution in [1.82, 2.24) is 4.57 Å². The largest absolute Gasteiger partial charge is 0.481 e. The Hall–Kier alpha value is -1.88. The molecule has 98 valence electrons. The molecule has 4 nitrogen and oxygen atoms in total. The van der Waals surface area contributed by atoms with E-state index in [0.29, 0.717) is 11.4 Å². The average Bonchev–Trinajstić information content (AvgIpc) is 2.89. The first-order valence-electron chi connectivity index (χ1n) is 6.08. The molecule has 0 bridgehead atoms. The Morgan fingerprint density at radius 2 is 2.16 bits per heavy atom. The quantitative estimate of drug-likeness (QED) is 0.912. The number of hydrogen-bond donors (Lipinski definition) is 1. The number of carbonyl (C=O) groups excluding carboxylic acids is 1. The molecule has 0 unspecified atom stereocenters. The Labute approximate surface area is 114 Å². The lowest BCUT2D eigenvalue weighted by atomic mass is 10.1. The molecule has 0 radical (unpaired) electrons. The SMILES string of the molecule is Cn1c(CC(=O)O)cc2c1C(=O)c1sccc1CC2. The van der Waals surface area contributed by atoms with Gasteiger partial charge in [-0.2, -0.15) is 0 Å². The van der Waals surface area contributed by atoms with Crippen molar-refractivity contribution in [2.24, 2.45) is 7.05 Å². The lowest BCUT2D eigenvalue weighted by Gasteiger charge is -2.05. The number of carbonyl (C=O) groups is 2. The number of aryl methyl sites for hydroxylation is 2. The minimum atomic E-state index is -0.875. The van der Waals surface area contributed by atoms with Gasteiger partial charge in [0.15, 0.2) is 0 Å². The zero-order valence-electron chi connectivity index (χ0n) is 10.5. The van der Waals surface area contributed by atoms with Gasteiger partial charge in [0.25, 0.3) is 0 Å². The summed E-state index contributed by atoms with van der Waals surface area (Å²) in [4.78, 5) is 24.2. The van der Waals surface area contributed by atoms with Gasteiger partial charge in [-0.3, -0.25) is 9.59 Å². The van der Waals surface area contributed by atoms with E-state index in [4.69, 9.17) is 5.11 Å². The van der Waals surface area contributed by atoms with Crippen LogP contribution in [0.25, 0.3) is 0 Å². The number of thiophene rings is 1. The van der Waals surface area contributed by atoms with Crippen molar-refractivity contribution in [3.63, 3.8) is 0 Å². The summed E-state index contributed by atoms with van der Waals surface area (Å²) < 4.78 is 1.74. The highest BCUT2D eigenvalue weighted by Crippen LogP contribution is 2.29. The molecule has 1 aliphatic rings. The molecule has 5 heteroatoms. The van der Waals surface area contributed by atoms with E-state index in [1.54, 1.807) is 11.6 Å². The van der Waals surface area contributed by atoms with Crippen molar-refractivity contribution in [1.29, 1.82) is 0 Å². The van der Waals surface area contributed by atoms with Gasteiger partial charge in [0.1, 0.15) is 0 Å². The summed E-state index contributed by atoms with van der Waals surface area (Å²) in [6, 6.07) is 3.86. The van der Waals surface area contributed by atoms with E-state index in [1.807, 2.05) is 17.5 Å². The second-order valence-electron chi connectivity index (χ2n) is 4.74. The van der Waals surface area contributed by atoms with Gasteiger partial charge in [-0.25, -0.2) is 0 Å². The predicted molar refractivity (Wildman–Crippen MR) is 71.9 cm³/mol. The van der Waals surface area contributed by atoms with Gasteiger partial charge in [-0.1, -0.05) is 0 Å². The first-order valence-corrected chi connectivity index (χ1v) is 6.96. The van der Waals surface area contributed by atoms with Gasteiger partial charge in [-0.05, 0) is 41.5 Å². The third kappa shape index (κ3) is 1.90. The molecule has 1 aliphatic carbocycles. The monoisotopic (exact) mass is 275 g/mol. The number of aliphatic carboxylic acids is 1. The zero-order chi connectivity index (χ0) is 13.6. The number of fused-ring (bicyclic) bond motifs is 2. The Morgan fingerprint density at radius 3 is 2.89 bits per heavy atom. The molecule has 2 heterocycles. The summed E-state index contributed by atoms with van der Waals surface area (Å²) in [5.41, 5.74) is 3.40. The van der Waals surface area contributed by atoms with Crippen LogP contribution in [-0.2, 0) is 31.1 Å². The van der Waals surface area contributed by atoms with Gasteiger partial charge in [0.05, 0.1) is 17.0 Å². The van der Waals surface area contributed by atoms with Crippen LogP contribution in [0.3, 0.4) is 0 Å². The van der Waals surface area contributed by atoms with Gasteiger partial charge < -0.3 is 9.67 Å². The van der Waals surface area contributed by atoms with E-state index in [1.165, 1.54) is 11.3 Å². The molecule has 0 aromatic carbocycles. The molecule has 19 heavy (non-hydrogen) atoms. The highest BCUT2D eigenvalue weighted by Gasteiger charge is 2.26. The highest BCUT2D eigenvalue weighted by atomic mass is 32.1. The molecule has 0 atom stereocenters. The summed E-state index contributed by atoms with van der Waals surface area (Å²) in [6.45, 7) is 0. The Kier molecular flexibility index (Phi) is 2.78. The first-order chi connectivity index (χ1) is 9.08. The maximum Gasteiger partial charge on any atom is 0.309 e. The van der Waals surface area contributed by atoms with Crippen LogP contribution in [0.1, 0.15) is 32.2 Å². The number of ketones is 1. The molecule has 1 N–H and O–H groups in total. The fourth-order valence-electron chi connectivity index (χ4n) is 2.65. The van der Waals surface area contributed by atoms with Gasteiger partial charge in [-0.15, -0.1) is 11.3 Å². The maximum atomic E-state index is 12.6. The van der Waals surface area contributed by atoms with Crippen LogP contribution in [0, 0.1) is 0 Å². The average molecular weight is 275 g/mol. The number of carboxylic acids is 1. The van der Waals surface area contributed by atoms with Crippen LogP contribution >= 0.6 is 11.3 Å². The molecule has 2 aromatic rings. The number of nitrogens with zero attached hydrogens (tertiary/aromatic N) is 1. The summed E-state index contributed by atoms with van der Waals surface area (Å²) in [7, 11) is 1.77. The fraction of sp³-hybridized carbons (Fsp3) is 0.286. The standard InChI is InChI=1S/C14H13NO3S/c1-15-10(7-11(16)17)6-9-3-2-8-4-5-19-14(8)13(18)12(9)15/h4-6H,2-3,7H2,1H3,(H,16,17). The smallest absolute Gasteiger partial charge is 0.309 e. The van der Waals surface area contributed by atoms with Crippen molar-refractivity contribution in [3.05, 3.63) is 44.9 Å². The van der Waals surface area contributed by atoms with Crippen LogP contribution in [-0.4, -0.2) is 21.4 Å². The van der Waals surface area contributed by atoms with Crippen LogP contribution in [0.2, 0.25) is 0 Å². The molecule has 0 fully saturated rings. The molecule has 2 aromatic heterocycles. The third-order valence-corrected chi connectivity index (χ3v) is 4.53. The van der Waals surface area contributed by atoms with Gasteiger partial charge in [0, 0.05) is 12.7 Å². The summed E-state index contributed by atoms with van der Waals surface area (Å²) in [6.07, 6.45) is 1.58. The van der Waals surface area contributed by atoms with Crippen molar-refractivity contribution in [2.45, 2.75) is 19.3 Å². The lowest BCUT2D eigenvalue weighted by molar-refractivity contribution is -0.136. The van der Waals surface area contributed by atoms with Crippen molar-refractivity contribution < 1.29 is 14.7 Å². The van der Waals surface area contributed by atoms with Crippen LogP contribution in [0.15, 0.2) is 17.5 Å². The summed E-state index contributed by atoms with van der Waals surface area (Å²) in [5.74, 6) is -0.850. The van der Waals surface area contributed by atoms with E-state index in [0.717, 1.165) is 28.8 Å². The minimum absolute atomic E-state index is 0.0247. The molecule has 0 amide bonds. The second kappa shape index (κ2) is 4.35. The number of rotatable bonds is 2. The van der Waals surface area contributed by atoms with Crippen LogP contribution in [0.5, 0.6) is 0 Å². The highest BCUT2D eigenvalue weighted by molar-refractivity contribution is 7.12. The summed E-state index contributed by atoms with van der Waals surface area (Å²) in [5, 5.41) is 10.8. The number of aromatic nitrogens is 1. The lowest BCUT2D eigenvalue weighted by Crippen LogP contribution is -2.11. The molecule has 0 spiro atoms. The van der Waals surface area contributed by atoms with Crippen molar-refractivity contribution in [2.75, 3.05) is 0 Å². The van der Waals surface area contributed by atoms with Crippen LogP contribution < -0.4 is 0 Å². The predicted octanol–water partition coefficient (Wildman–Crippen LogP) is 2.04. The van der Waals surface area contributed by atoms with E-state index in [9.17, 15) is 9.59 Å². The van der Waals surface area contributed by atoms with Gasteiger partial charge in [0.2, 0.25) is 5.78 Å². The van der Waals surface area contributed by atoms with Crippen molar-refractivity contribution >= 4 is 23.1 Å². The maximum absolute atomic E-state index is 12.6. The van der Waals surface area contributed by atoms with Gasteiger partial charge >= 0.3 is 5.97 Å². The zero-order valence-corrected chi connectivity index (χ0v) is 11.3.